The molecule has 0 unspecified atom stereocenters. The van der Waals surface area contributed by atoms with Gasteiger partial charge in [0, 0.05) is 20.6 Å². The van der Waals surface area contributed by atoms with Gasteiger partial charge in [-0.2, -0.15) is 0 Å². The molecule has 4 heteroatoms. The predicted molar refractivity (Wildman–Crippen MR) is 41.3 cm³/mol. The van der Waals surface area contributed by atoms with E-state index in [1.807, 2.05) is 0 Å². The van der Waals surface area contributed by atoms with E-state index >= 15 is 0 Å². The van der Waals surface area contributed by atoms with Gasteiger partial charge in [0.15, 0.2) is 0 Å². The number of carbonyl (C=O) groups excluding carboxylic acids is 1. The molecular formula is C7H14N2O2. The van der Waals surface area contributed by atoms with Crippen molar-refractivity contribution in [1.29, 1.82) is 0 Å². The van der Waals surface area contributed by atoms with Gasteiger partial charge >= 0.3 is 0 Å². The van der Waals surface area contributed by atoms with E-state index in [0.717, 1.165) is 6.54 Å². The number of hydrogen-bond acceptors (Lipinski definition) is 3. The van der Waals surface area contributed by atoms with Gasteiger partial charge in [0.2, 0.25) is 5.91 Å². The summed E-state index contributed by atoms with van der Waals surface area (Å²) in [4.78, 5) is 12.9. The minimum Gasteiger partial charge on any atom is -0.378 e. The Hall–Kier alpha value is -0.610. The second-order valence-electron chi connectivity index (χ2n) is 2.81. The summed E-state index contributed by atoms with van der Waals surface area (Å²) in [6.45, 7) is 1.97. The first-order chi connectivity index (χ1) is 5.22. The zero-order valence-electron chi connectivity index (χ0n) is 6.96. The molecule has 0 radical (unpaired) electrons. The van der Waals surface area contributed by atoms with E-state index in [-0.39, 0.29) is 11.9 Å². The summed E-state index contributed by atoms with van der Waals surface area (Å²) in [5.41, 5.74) is 0. The lowest BCUT2D eigenvalue weighted by Gasteiger charge is -2.25. The monoisotopic (exact) mass is 158 g/mol. The molecule has 0 aromatic rings. The molecule has 1 rings (SSSR count). The van der Waals surface area contributed by atoms with Crippen molar-refractivity contribution in [3.05, 3.63) is 0 Å². The van der Waals surface area contributed by atoms with Crippen molar-refractivity contribution in [1.82, 2.24) is 10.2 Å². The van der Waals surface area contributed by atoms with Crippen LogP contribution in [0.25, 0.3) is 0 Å². The summed E-state index contributed by atoms with van der Waals surface area (Å²) in [5.74, 6) is 0.0877. The Labute approximate surface area is 66.5 Å². The van der Waals surface area contributed by atoms with E-state index in [1.165, 1.54) is 0 Å². The number of morpholine rings is 1. The third kappa shape index (κ3) is 2.17. The fourth-order valence-electron chi connectivity index (χ4n) is 1.04. The molecule has 11 heavy (non-hydrogen) atoms. The summed E-state index contributed by atoms with van der Waals surface area (Å²) >= 11 is 0. The predicted octanol–water partition coefficient (Wildman–Crippen LogP) is -0.937. The molecule has 0 bridgehead atoms. The van der Waals surface area contributed by atoms with Crippen LogP contribution in [0.1, 0.15) is 0 Å². The van der Waals surface area contributed by atoms with E-state index in [4.69, 9.17) is 4.74 Å². The number of likely N-dealkylation sites (N-methyl/N-ethyl adjacent to an activating group) is 1. The van der Waals surface area contributed by atoms with Gasteiger partial charge in [-0.25, -0.2) is 0 Å². The lowest BCUT2D eigenvalue weighted by molar-refractivity contribution is -0.133. The summed E-state index contributed by atoms with van der Waals surface area (Å²) in [7, 11) is 3.50. The third-order valence-electron chi connectivity index (χ3n) is 1.66. The number of nitrogens with one attached hydrogen (secondary N) is 1. The molecule has 0 aromatic carbocycles. The van der Waals surface area contributed by atoms with Crippen molar-refractivity contribution in [3.63, 3.8) is 0 Å². The minimum absolute atomic E-state index is 0.0877. The summed E-state index contributed by atoms with van der Waals surface area (Å²) < 4.78 is 5.14. The van der Waals surface area contributed by atoms with Crippen molar-refractivity contribution in [2.75, 3.05) is 33.9 Å². The highest BCUT2D eigenvalue weighted by molar-refractivity contribution is 5.81. The van der Waals surface area contributed by atoms with Crippen LogP contribution in [0.4, 0.5) is 0 Å². The van der Waals surface area contributed by atoms with Gasteiger partial charge in [-0.05, 0) is 0 Å². The Morgan fingerprint density at radius 2 is 2.36 bits per heavy atom. The smallest absolute Gasteiger partial charge is 0.241 e. The molecule has 1 saturated heterocycles. The number of hydrogen-bond donors (Lipinski definition) is 1. The van der Waals surface area contributed by atoms with Gasteiger partial charge in [-0.15, -0.1) is 0 Å². The third-order valence-corrected chi connectivity index (χ3v) is 1.66. The lowest BCUT2D eigenvalue weighted by atomic mass is 10.2. The van der Waals surface area contributed by atoms with E-state index in [2.05, 4.69) is 5.32 Å². The Morgan fingerprint density at radius 3 is 2.82 bits per heavy atom. The first-order valence-electron chi connectivity index (χ1n) is 3.74. The molecule has 64 valence electrons. The van der Waals surface area contributed by atoms with Crippen LogP contribution in [0.15, 0.2) is 0 Å². The zero-order chi connectivity index (χ0) is 8.27. The maximum Gasteiger partial charge on any atom is 0.241 e. The second kappa shape index (κ2) is 3.69. The first-order valence-corrected chi connectivity index (χ1v) is 3.74. The van der Waals surface area contributed by atoms with Crippen LogP contribution in [0.3, 0.4) is 0 Å². The number of nitrogens with zero attached hydrogens (tertiary/aromatic N) is 1. The van der Waals surface area contributed by atoms with Crippen LogP contribution in [0, 0.1) is 0 Å². The van der Waals surface area contributed by atoms with Crippen LogP contribution < -0.4 is 5.32 Å². The highest BCUT2D eigenvalue weighted by Gasteiger charge is 2.21. The fourth-order valence-corrected chi connectivity index (χ4v) is 1.04. The molecule has 1 atom stereocenters. The van der Waals surface area contributed by atoms with E-state index in [1.54, 1.807) is 19.0 Å². The number of ether oxygens (including phenoxy) is 1. The van der Waals surface area contributed by atoms with Gasteiger partial charge in [-0.1, -0.05) is 0 Å². The lowest BCUT2D eigenvalue weighted by Crippen LogP contribution is -2.50. The summed E-state index contributed by atoms with van der Waals surface area (Å²) in [6.07, 6.45) is 0. The molecule has 0 spiro atoms. The topological polar surface area (TPSA) is 41.6 Å². The molecule has 1 fully saturated rings. The Balaban J connectivity index is 2.39. The van der Waals surface area contributed by atoms with Crippen LogP contribution in [-0.2, 0) is 9.53 Å². The molecule has 1 aliphatic rings. The Bertz CT molecular complexity index is 141. The van der Waals surface area contributed by atoms with Crippen LogP contribution in [0.2, 0.25) is 0 Å². The maximum absolute atomic E-state index is 11.3. The van der Waals surface area contributed by atoms with Gasteiger partial charge in [-0.3, -0.25) is 4.79 Å². The van der Waals surface area contributed by atoms with Gasteiger partial charge in [0.25, 0.3) is 0 Å². The minimum atomic E-state index is -0.140. The van der Waals surface area contributed by atoms with E-state index in [0.29, 0.717) is 13.2 Å². The van der Waals surface area contributed by atoms with Crippen LogP contribution in [0.5, 0.6) is 0 Å². The van der Waals surface area contributed by atoms with Gasteiger partial charge in [0.05, 0.1) is 13.2 Å². The van der Waals surface area contributed by atoms with E-state index < -0.39 is 0 Å². The highest BCUT2D eigenvalue weighted by atomic mass is 16.5. The molecule has 1 amide bonds. The Kier molecular flexibility index (Phi) is 2.84. The Morgan fingerprint density at radius 1 is 1.64 bits per heavy atom. The van der Waals surface area contributed by atoms with Crippen molar-refractivity contribution in [2.45, 2.75) is 6.04 Å². The molecular weight excluding hydrogens is 144 g/mol. The van der Waals surface area contributed by atoms with E-state index in [9.17, 15) is 4.79 Å². The standard InChI is InChI=1S/C7H14N2O2/c1-9(2)7(10)6-5-11-4-3-8-6/h6,8H,3-5H2,1-2H3/t6-/m0/s1. The molecule has 0 aromatic heterocycles. The quantitative estimate of drug-likeness (QED) is 0.535. The summed E-state index contributed by atoms with van der Waals surface area (Å²) in [5, 5.41) is 3.08. The highest BCUT2D eigenvalue weighted by Crippen LogP contribution is 1.95. The van der Waals surface area contributed by atoms with Crippen molar-refractivity contribution >= 4 is 5.91 Å². The molecule has 0 saturated carbocycles. The maximum atomic E-state index is 11.3. The van der Waals surface area contributed by atoms with Crippen molar-refractivity contribution < 1.29 is 9.53 Å². The number of rotatable bonds is 1. The van der Waals surface area contributed by atoms with Gasteiger partial charge < -0.3 is 15.0 Å². The number of amides is 1. The molecule has 1 heterocycles. The SMILES string of the molecule is CN(C)C(=O)[C@@H]1COCCN1. The molecule has 1 N–H and O–H groups in total. The molecule has 1 aliphatic heterocycles. The van der Waals surface area contributed by atoms with Crippen LogP contribution in [-0.4, -0.2) is 50.7 Å². The molecule has 4 nitrogen and oxygen atoms in total. The normalized spacial score (nSPS) is 24.7. The van der Waals surface area contributed by atoms with Crippen molar-refractivity contribution in [2.24, 2.45) is 0 Å². The average Bonchev–Trinajstić information content (AvgIpc) is 2.05. The first kappa shape index (κ1) is 8.49. The second-order valence-corrected chi connectivity index (χ2v) is 2.81. The fraction of sp³-hybridized carbons (Fsp3) is 0.857. The van der Waals surface area contributed by atoms with Crippen molar-refractivity contribution in [3.8, 4) is 0 Å². The zero-order valence-corrected chi connectivity index (χ0v) is 6.96. The number of carbonyl (C=O) groups is 1. The van der Waals surface area contributed by atoms with Crippen LogP contribution >= 0.6 is 0 Å². The van der Waals surface area contributed by atoms with Gasteiger partial charge in [0.1, 0.15) is 6.04 Å². The largest absolute Gasteiger partial charge is 0.378 e. The average molecular weight is 158 g/mol. The summed E-state index contributed by atoms with van der Waals surface area (Å²) in [6, 6.07) is -0.140. The molecule has 0 aliphatic carbocycles.